The quantitative estimate of drug-likeness (QED) is 0.628. The van der Waals surface area contributed by atoms with Gasteiger partial charge in [0.05, 0.1) is 14.2 Å². The number of rotatable bonds is 5. The number of ether oxygens (including phenoxy) is 2. The first-order valence-corrected chi connectivity index (χ1v) is 8.64. The molecule has 1 aliphatic rings. The lowest BCUT2D eigenvalue weighted by Gasteiger charge is -2.23. The van der Waals surface area contributed by atoms with E-state index >= 15 is 0 Å². The standard InChI is InChI=1S/C21H22N2O4/c1-13(24)23-16-6-4-14(5-7-16)19(25)12-18-17-11-21(27-3)20(26-2)10-15(17)8-9-22-18/h4-7,10-12,22H,8-9H2,1-3H3,(H,23,24)/b18-12-. The van der Waals surface area contributed by atoms with Crippen molar-refractivity contribution in [1.82, 2.24) is 5.32 Å². The first kappa shape index (κ1) is 18.5. The Bertz CT molecular complexity index is 901. The first-order valence-electron chi connectivity index (χ1n) is 8.64. The number of anilines is 1. The highest BCUT2D eigenvalue weighted by Crippen LogP contribution is 2.34. The molecule has 0 saturated heterocycles. The summed E-state index contributed by atoms with van der Waals surface area (Å²) in [4.78, 5) is 23.8. The molecule has 2 aromatic rings. The van der Waals surface area contributed by atoms with Gasteiger partial charge in [0.15, 0.2) is 17.3 Å². The zero-order chi connectivity index (χ0) is 19.4. The van der Waals surface area contributed by atoms with Crippen LogP contribution < -0.4 is 20.1 Å². The Morgan fingerprint density at radius 2 is 1.74 bits per heavy atom. The largest absolute Gasteiger partial charge is 0.493 e. The van der Waals surface area contributed by atoms with Crippen molar-refractivity contribution in [3.63, 3.8) is 0 Å². The molecule has 0 aromatic heterocycles. The summed E-state index contributed by atoms with van der Waals surface area (Å²) >= 11 is 0. The van der Waals surface area contributed by atoms with E-state index in [1.807, 2.05) is 12.1 Å². The minimum absolute atomic E-state index is 0.116. The predicted octanol–water partition coefficient (Wildman–Crippen LogP) is 3.03. The number of allylic oxidation sites excluding steroid dienone is 1. The molecular formula is C21H22N2O4. The van der Waals surface area contributed by atoms with Crippen molar-refractivity contribution in [2.75, 3.05) is 26.1 Å². The highest BCUT2D eigenvalue weighted by Gasteiger charge is 2.19. The number of carbonyl (C=O) groups excluding carboxylic acids is 2. The molecule has 0 radical (unpaired) electrons. The summed E-state index contributed by atoms with van der Waals surface area (Å²) in [5.74, 6) is 1.04. The summed E-state index contributed by atoms with van der Waals surface area (Å²) in [5.41, 5.74) is 4.00. The second-order valence-electron chi connectivity index (χ2n) is 6.22. The lowest BCUT2D eigenvalue weighted by Crippen LogP contribution is -2.23. The Kier molecular flexibility index (Phi) is 5.45. The molecule has 6 heteroatoms. The average Bonchev–Trinajstić information content (AvgIpc) is 2.67. The molecule has 0 unspecified atom stereocenters. The number of hydrogen-bond acceptors (Lipinski definition) is 5. The Morgan fingerprint density at radius 3 is 2.37 bits per heavy atom. The van der Waals surface area contributed by atoms with Crippen molar-refractivity contribution in [1.29, 1.82) is 0 Å². The van der Waals surface area contributed by atoms with E-state index in [9.17, 15) is 9.59 Å². The van der Waals surface area contributed by atoms with Crippen molar-refractivity contribution >= 4 is 23.1 Å². The molecule has 2 N–H and O–H groups in total. The SMILES string of the molecule is COc1cc2c(cc1OC)/C(=C/C(=O)c1ccc(NC(C)=O)cc1)NCC2. The first-order chi connectivity index (χ1) is 13.0. The smallest absolute Gasteiger partial charge is 0.221 e. The predicted molar refractivity (Wildman–Crippen MR) is 104 cm³/mol. The van der Waals surface area contributed by atoms with Crippen LogP contribution in [0.1, 0.15) is 28.4 Å². The van der Waals surface area contributed by atoms with Gasteiger partial charge in [-0.1, -0.05) is 0 Å². The molecule has 1 amide bonds. The molecule has 0 fully saturated rings. The highest BCUT2D eigenvalue weighted by molar-refractivity contribution is 6.09. The van der Waals surface area contributed by atoms with Gasteiger partial charge in [-0.3, -0.25) is 9.59 Å². The van der Waals surface area contributed by atoms with Gasteiger partial charge in [0.25, 0.3) is 0 Å². The number of fused-ring (bicyclic) bond motifs is 1. The fourth-order valence-corrected chi connectivity index (χ4v) is 3.07. The van der Waals surface area contributed by atoms with Crippen LogP contribution in [0.3, 0.4) is 0 Å². The van der Waals surface area contributed by atoms with E-state index in [4.69, 9.17) is 9.47 Å². The molecule has 0 aliphatic carbocycles. The summed E-state index contributed by atoms with van der Waals surface area (Å²) < 4.78 is 10.8. The summed E-state index contributed by atoms with van der Waals surface area (Å²) in [6.45, 7) is 2.18. The van der Waals surface area contributed by atoms with Crippen LogP contribution in [0.25, 0.3) is 5.70 Å². The molecule has 0 spiro atoms. The number of amides is 1. The van der Waals surface area contributed by atoms with Gasteiger partial charge in [0.2, 0.25) is 5.91 Å². The van der Waals surface area contributed by atoms with Crippen LogP contribution in [-0.4, -0.2) is 32.5 Å². The third-order valence-corrected chi connectivity index (χ3v) is 4.37. The third kappa shape index (κ3) is 4.11. The molecular weight excluding hydrogens is 344 g/mol. The fourth-order valence-electron chi connectivity index (χ4n) is 3.07. The highest BCUT2D eigenvalue weighted by atomic mass is 16.5. The Labute approximate surface area is 158 Å². The second kappa shape index (κ2) is 7.95. The summed E-state index contributed by atoms with van der Waals surface area (Å²) in [5, 5.41) is 5.97. The van der Waals surface area contributed by atoms with Gasteiger partial charge < -0.3 is 20.1 Å². The van der Waals surface area contributed by atoms with Gasteiger partial charge in [-0.15, -0.1) is 0 Å². The Hall–Kier alpha value is -3.28. The fraction of sp³-hybridized carbons (Fsp3) is 0.238. The maximum absolute atomic E-state index is 12.7. The van der Waals surface area contributed by atoms with E-state index in [-0.39, 0.29) is 11.7 Å². The average molecular weight is 366 g/mol. The number of methoxy groups -OCH3 is 2. The van der Waals surface area contributed by atoms with Gasteiger partial charge in [0, 0.05) is 42.1 Å². The van der Waals surface area contributed by atoms with Crippen LogP contribution in [0.5, 0.6) is 11.5 Å². The van der Waals surface area contributed by atoms with Crippen LogP contribution in [0.4, 0.5) is 5.69 Å². The molecule has 2 aromatic carbocycles. The van der Waals surface area contributed by atoms with Crippen molar-refractivity contribution in [2.24, 2.45) is 0 Å². The molecule has 0 atom stereocenters. The zero-order valence-corrected chi connectivity index (χ0v) is 15.6. The molecule has 3 rings (SSSR count). The van der Waals surface area contributed by atoms with E-state index in [1.165, 1.54) is 6.92 Å². The number of ketones is 1. The van der Waals surface area contributed by atoms with Crippen LogP contribution in [0.15, 0.2) is 42.5 Å². The maximum Gasteiger partial charge on any atom is 0.221 e. The Balaban J connectivity index is 1.90. The summed E-state index contributed by atoms with van der Waals surface area (Å²) in [7, 11) is 3.20. The maximum atomic E-state index is 12.7. The molecule has 0 bridgehead atoms. The topological polar surface area (TPSA) is 76.7 Å². The molecule has 27 heavy (non-hydrogen) atoms. The molecule has 140 valence electrons. The summed E-state index contributed by atoms with van der Waals surface area (Å²) in [6.07, 6.45) is 2.43. The van der Waals surface area contributed by atoms with E-state index in [2.05, 4.69) is 10.6 Å². The van der Waals surface area contributed by atoms with E-state index in [0.29, 0.717) is 22.7 Å². The van der Waals surface area contributed by atoms with Crippen molar-refractivity contribution in [2.45, 2.75) is 13.3 Å². The van der Waals surface area contributed by atoms with Crippen molar-refractivity contribution in [3.05, 3.63) is 59.2 Å². The minimum Gasteiger partial charge on any atom is -0.493 e. The Morgan fingerprint density at radius 1 is 1.07 bits per heavy atom. The lowest BCUT2D eigenvalue weighted by molar-refractivity contribution is -0.114. The van der Waals surface area contributed by atoms with Crippen LogP contribution in [0.2, 0.25) is 0 Å². The number of nitrogens with one attached hydrogen (secondary N) is 2. The minimum atomic E-state index is -0.149. The van der Waals surface area contributed by atoms with E-state index in [1.54, 1.807) is 44.6 Å². The van der Waals surface area contributed by atoms with Gasteiger partial charge >= 0.3 is 0 Å². The van der Waals surface area contributed by atoms with E-state index in [0.717, 1.165) is 29.8 Å². The normalized spacial score (nSPS) is 14.1. The van der Waals surface area contributed by atoms with Crippen LogP contribution in [-0.2, 0) is 11.2 Å². The number of benzene rings is 2. The summed E-state index contributed by atoms with van der Waals surface area (Å²) in [6, 6.07) is 10.7. The van der Waals surface area contributed by atoms with Gasteiger partial charge in [-0.2, -0.15) is 0 Å². The second-order valence-corrected chi connectivity index (χ2v) is 6.22. The third-order valence-electron chi connectivity index (χ3n) is 4.37. The number of carbonyl (C=O) groups is 2. The molecule has 1 aliphatic heterocycles. The van der Waals surface area contributed by atoms with Gasteiger partial charge in [0.1, 0.15) is 0 Å². The van der Waals surface area contributed by atoms with Crippen LogP contribution in [0, 0.1) is 0 Å². The monoisotopic (exact) mass is 366 g/mol. The van der Waals surface area contributed by atoms with Crippen molar-refractivity contribution in [3.8, 4) is 11.5 Å². The lowest BCUT2D eigenvalue weighted by atomic mass is 9.95. The number of hydrogen-bond donors (Lipinski definition) is 2. The molecule has 6 nitrogen and oxygen atoms in total. The van der Waals surface area contributed by atoms with Crippen LogP contribution >= 0.6 is 0 Å². The molecule has 0 saturated carbocycles. The van der Waals surface area contributed by atoms with Crippen molar-refractivity contribution < 1.29 is 19.1 Å². The molecule has 1 heterocycles. The zero-order valence-electron chi connectivity index (χ0n) is 15.6. The van der Waals surface area contributed by atoms with Gasteiger partial charge in [-0.05, 0) is 48.4 Å². The van der Waals surface area contributed by atoms with Gasteiger partial charge in [-0.25, -0.2) is 0 Å². The van der Waals surface area contributed by atoms with E-state index < -0.39 is 0 Å².